The Balaban J connectivity index is 1.56. The van der Waals surface area contributed by atoms with Gasteiger partial charge in [0.2, 0.25) is 0 Å². The van der Waals surface area contributed by atoms with Gasteiger partial charge in [-0.3, -0.25) is 9.59 Å². The van der Waals surface area contributed by atoms with Crippen molar-refractivity contribution in [2.24, 2.45) is 0 Å². The lowest BCUT2D eigenvalue weighted by molar-refractivity contribution is 0.0911. The first-order valence-electron chi connectivity index (χ1n) is 9.43. The van der Waals surface area contributed by atoms with Gasteiger partial charge in [0, 0.05) is 18.6 Å². The van der Waals surface area contributed by atoms with Gasteiger partial charge in [0.05, 0.1) is 5.69 Å². The van der Waals surface area contributed by atoms with Crippen LogP contribution in [0.4, 0.5) is 0 Å². The van der Waals surface area contributed by atoms with Gasteiger partial charge in [0.1, 0.15) is 5.69 Å². The van der Waals surface area contributed by atoms with E-state index in [0.29, 0.717) is 17.6 Å². The quantitative estimate of drug-likeness (QED) is 0.888. The number of carbonyl (C=O) groups is 2. The number of fused-ring (bicyclic) bond motifs is 1. The van der Waals surface area contributed by atoms with E-state index in [4.69, 9.17) is 0 Å². The number of carbonyl (C=O) groups excluding carboxylic acids is 2. The highest BCUT2D eigenvalue weighted by Gasteiger charge is 2.31. The molecule has 2 fully saturated rings. The summed E-state index contributed by atoms with van der Waals surface area (Å²) in [6.45, 7) is 0.784. The molecule has 4 rings (SSSR count). The normalized spacial score (nSPS) is 21.2. The van der Waals surface area contributed by atoms with E-state index in [0.717, 1.165) is 57.2 Å². The van der Waals surface area contributed by atoms with E-state index >= 15 is 0 Å². The standard InChI is InChI=1S/C18H26N4O2/c23-17(19-13-9-10-13)15-14-8-4-5-11-22(14)16(21-15)18(24)20-12-6-2-1-3-7-12/h12-13H,1-11H2,(H,19,23)(H,20,24). The number of nitrogens with zero attached hydrogens (tertiary/aromatic N) is 2. The van der Waals surface area contributed by atoms with Gasteiger partial charge >= 0.3 is 0 Å². The summed E-state index contributed by atoms with van der Waals surface area (Å²) in [5, 5.41) is 6.14. The zero-order valence-electron chi connectivity index (χ0n) is 14.1. The lowest BCUT2D eigenvalue weighted by atomic mass is 9.95. The molecule has 2 heterocycles. The maximum Gasteiger partial charge on any atom is 0.287 e. The van der Waals surface area contributed by atoms with Crippen LogP contribution in [0.25, 0.3) is 0 Å². The van der Waals surface area contributed by atoms with Crippen LogP contribution >= 0.6 is 0 Å². The number of rotatable bonds is 4. The van der Waals surface area contributed by atoms with Crippen molar-refractivity contribution < 1.29 is 9.59 Å². The first-order valence-corrected chi connectivity index (χ1v) is 9.43. The summed E-state index contributed by atoms with van der Waals surface area (Å²) in [6.07, 6.45) is 10.7. The second kappa shape index (κ2) is 6.57. The molecule has 3 aliphatic rings. The molecule has 1 aromatic heterocycles. The molecule has 0 atom stereocenters. The molecule has 2 aliphatic carbocycles. The predicted octanol–water partition coefficient (Wildman–Crippen LogP) is 2.17. The molecule has 130 valence electrons. The van der Waals surface area contributed by atoms with Crippen molar-refractivity contribution >= 4 is 11.8 Å². The van der Waals surface area contributed by atoms with Crippen LogP contribution in [0.5, 0.6) is 0 Å². The molecule has 0 bridgehead atoms. The summed E-state index contributed by atoms with van der Waals surface area (Å²) >= 11 is 0. The van der Waals surface area contributed by atoms with Crippen molar-refractivity contribution in [1.82, 2.24) is 20.2 Å². The summed E-state index contributed by atoms with van der Waals surface area (Å²) in [4.78, 5) is 29.7. The third kappa shape index (κ3) is 3.19. The van der Waals surface area contributed by atoms with Crippen molar-refractivity contribution in [2.75, 3.05) is 0 Å². The highest BCUT2D eigenvalue weighted by atomic mass is 16.2. The molecular weight excluding hydrogens is 304 g/mol. The van der Waals surface area contributed by atoms with E-state index in [1.54, 1.807) is 0 Å². The van der Waals surface area contributed by atoms with Crippen LogP contribution in [-0.2, 0) is 13.0 Å². The Kier molecular flexibility index (Phi) is 4.29. The van der Waals surface area contributed by atoms with E-state index in [2.05, 4.69) is 15.6 Å². The molecule has 6 heteroatoms. The number of aromatic nitrogens is 2. The van der Waals surface area contributed by atoms with Crippen molar-refractivity contribution in [2.45, 2.75) is 82.8 Å². The number of hydrogen-bond acceptors (Lipinski definition) is 3. The SMILES string of the molecule is O=C(NC1CC1)c1nc(C(=O)NC2CCCCC2)n2c1CCCC2. The fourth-order valence-electron chi connectivity index (χ4n) is 3.88. The minimum atomic E-state index is -0.115. The average molecular weight is 330 g/mol. The fraction of sp³-hybridized carbons (Fsp3) is 0.722. The van der Waals surface area contributed by atoms with Crippen LogP contribution in [-0.4, -0.2) is 33.4 Å². The monoisotopic (exact) mass is 330 g/mol. The first-order chi connectivity index (χ1) is 11.7. The molecule has 0 radical (unpaired) electrons. The molecule has 2 N–H and O–H groups in total. The molecule has 0 aromatic carbocycles. The summed E-state index contributed by atoms with van der Waals surface area (Å²) in [7, 11) is 0. The lowest BCUT2D eigenvalue weighted by Crippen LogP contribution is -2.37. The van der Waals surface area contributed by atoms with Gasteiger partial charge in [0.15, 0.2) is 5.82 Å². The maximum atomic E-state index is 12.7. The summed E-state index contributed by atoms with van der Waals surface area (Å²) < 4.78 is 1.98. The van der Waals surface area contributed by atoms with Gasteiger partial charge in [-0.2, -0.15) is 0 Å². The predicted molar refractivity (Wildman–Crippen MR) is 90.0 cm³/mol. The molecule has 0 saturated heterocycles. The Bertz CT molecular complexity index is 642. The van der Waals surface area contributed by atoms with E-state index in [-0.39, 0.29) is 17.9 Å². The van der Waals surface area contributed by atoms with E-state index < -0.39 is 0 Å². The van der Waals surface area contributed by atoms with E-state index in [9.17, 15) is 9.59 Å². The van der Waals surface area contributed by atoms with Crippen molar-refractivity contribution in [1.29, 1.82) is 0 Å². The third-order valence-electron chi connectivity index (χ3n) is 5.39. The van der Waals surface area contributed by atoms with E-state index in [1.807, 2.05) is 4.57 Å². The van der Waals surface area contributed by atoms with Crippen LogP contribution in [0.1, 0.15) is 84.6 Å². The maximum absolute atomic E-state index is 12.7. The lowest BCUT2D eigenvalue weighted by Gasteiger charge is -2.23. The van der Waals surface area contributed by atoms with Crippen LogP contribution in [0.2, 0.25) is 0 Å². The molecule has 6 nitrogen and oxygen atoms in total. The van der Waals surface area contributed by atoms with Crippen molar-refractivity contribution in [3.8, 4) is 0 Å². The van der Waals surface area contributed by atoms with Crippen LogP contribution < -0.4 is 10.6 Å². The van der Waals surface area contributed by atoms with Gasteiger partial charge < -0.3 is 15.2 Å². The molecule has 1 aliphatic heterocycles. The van der Waals surface area contributed by atoms with Crippen LogP contribution in [0.3, 0.4) is 0 Å². The summed E-state index contributed by atoms with van der Waals surface area (Å²) in [5.41, 5.74) is 1.41. The van der Waals surface area contributed by atoms with Gasteiger partial charge in [-0.1, -0.05) is 19.3 Å². The number of imidazole rings is 1. The Morgan fingerprint density at radius 2 is 1.58 bits per heavy atom. The van der Waals surface area contributed by atoms with Gasteiger partial charge in [0.25, 0.3) is 11.8 Å². The fourth-order valence-corrected chi connectivity index (χ4v) is 3.88. The van der Waals surface area contributed by atoms with Gasteiger partial charge in [-0.25, -0.2) is 4.98 Å². The Labute approximate surface area is 142 Å². The Morgan fingerprint density at radius 3 is 2.33 bits per heavy atom. The highest BCUT2D eigenvalue weighted by molar-refractivity contribution is 5.97. The molecule has 24 heavy (non-hydrogen) atoms. The summed E-state index contributed by atoms with van der Waals surface area (Å²) in [5.74, 6) is 0.201. The molecule has 2 saturated carbocycles. The van der Waals surface area contributed by atoms with E-state index in [1.165, 1.54) is 19.3 Å². The molecule has 0 unspecified atom stereocenters. The Hall–Kier alpha value is -1.85. The second-order valence-corrected chi connectivity index (χ2v) is 7.40. The molecular formula is C18H26N4O2. The molecule has 1 aromatic rings. The number of nitrogens with one attached hydrogen (secondary N) is 2. The van der Waals surface area contributed by atoms with Crippen molar-refractivity contribution in [3.63, 3.8) is 0 Å². The highest BCUT2D eigenvalue weighted by Crippen LogP contribution is 2.24. The zero-order valence-corrected chi connectivity index (χ0v) is 14.1. The van der Waals surface area contributed by atoms with Gasteiger partial charge in [-0.05, 0) is 44.9 Å². The third-order valence-corrected chi connectivity index (χ3v) is 5.39. The zero-order chi connectivity index (χ0) is 16.5. The minimum absolute atomic E-state index is 0.111. The number of hydrogen-bond donors (Lipinski definition) is 2. The minimum Gasteiger partial charge on any atom is -0.348 e. The largest absolute Gasteiger partial charge is 0.348 e. The topological polar surface area (TPSA) is 76.0 Å². The molecule has 2 amide bonds. The Morgan fingerprint density at radius 1 is 0.875 bits per heavy atom. The average Bonchev–Trinajstić information content (AvgIpc) is 3.32. The van der Waals surface area contributed by atoms with Crippen molar-refractivity contribution in [3.05, 3.63) is 17.2 Å². The first kappa shape index (κ1) is 15.7. The van der Waals surface area contributed by atoms with Crippen LogP contribution in [0.15, 0.2) is 0 Å². The van der Waals surface area contributed by atoms with Crippen LogP contribution in [0, 0.1) is 0 Å². The molecule has 0 spiro atoms. The number of amides is 2. The summed E-state index contributed by atoms with van der Waals surface area (Å²) in [6, 6.07) is 0.560. The second-order valence-electron chi connectivity index (χ2n) is 7.40. The smallest absolute Gasteiger partial charge is 0.287 e. The van der Waals surface area contributed by atoms with Gasteiger partial charge in [-0.15, -0.1) is 0 Å².